The Morgan fingerprint density at radius 1 is 0.432 bits per heavy atom. The quantitative estimate of drug-likeness (QED) is 0.0514. The standard InChI is InChI=1S/C39H77NO4/c1-4-7-9-11-13-15-17-19-21-23-25-27-29-31-33-40(38(41)37-43-35-36-44-39(42)6-3)34-32-30-28-26-24-22-20-18-16-14-12-10-8-5-2/h4-37H2,1-3H3. The first-order valence-electron chi connectivity index (χ1n) is 19.7. The third kappa shape index (κ3) is 32.3. The molecular weight excluding hydrogens is 546 g/mol. The van der Waals surface area contributed by atoms with E-state index in [-0.39, 0.29) is 31.7 Å². The zero-order chi connectivity index (χ0) is 32.2. The zero-order valence-corrected chi connectivity index (χ0v) is 30.1. The molecule has 0 bridgehead atoms. The number of hydrogen-bond acceptors (Lipinski definition) is 4. The van der Waals surface area contributed by atoms with Gasteiger partial charge < -0.3 is 14.4 Å². The van der Waals surface area contributed by atoms with Crippen LogP contribution in [0.25, 0.3) is 0 Å². The molecule has 5 nitrogen and oxygen atoms in total. The van der Waals surface area contributed by atoms with E-state index < -0.39 is 0 Å². The van der Waals surface area contributed by atoms with Gasteiger partial charge in [0, 0.05) is 19.5 Å². The van der Waals surface area contributed by atoms with Gasteiger partial charge in [-0.05, 0) is 12.8 Å². The van der Waals surface area contributed by atoms with Gasteiger partial charge in [0.15, 0.2) is 0 Å². The Morgan fingerprint density at radius 3 is 1.07 bits per heavy atom. The Labute approximate surface area is 275 Å². The summed E-state index contributed by atoms with van der Waals surface area (Å²) in [6.45, 7) is 8.60. The van der Waals surface area contributed by atoms with Crippen LogP contribution >= 0.6 is 0 Å². The van der Waals surface area contributed by atoms with Gasteiger partial charge in [-0.1, -0.05) is 188 Å². The molecule has 0 aromatic rings. The van der Waals surface area contributed by atoms with E-state index in [4.69, 9.17) is 9.47 Å². The van der Waals surface area contributed by atoms with Crippen LogP contribution in [0, 0.1) is 0 Å². The van der Waals surface area contributed by atoms with Crippen molar-refractivity contribution in [3.63, 3.8) is 0 Å². The summed E-state index contributed by atoms with van der Waals surface area (Å²) in [6.07, 6.45) is 38.0. The normalized spacial score (nSPS) is 11.2. The van der Waals surface area contributed by atoms with Gasteiger partial charge in [0.05, 0.1) is 6.61 Å². The molecule has 0 saturated heterocycles. The molecule has 0 N–H and O–H groups in total. The van der Waals surface area contributed by atoms with Crippen molar-refractivity contribution in [1.29, 1.82) is 0 Å². The predicted molar refractivity (Wildman–Crippen MR) is 189 cm³/mol. The lowest BCUT2D eigenvalue weighted by Gasteiger charge is -2.23. The Morgan fingerprint density at radius 2 is 0.750 bits per heavy atom. The maximum Gasteiger partial charge on any atom is 0.305 e. The van der Waals surface area contributed by atoms with E-state index in [1.807, 2.05) is 4.90 Å². The predicted octanol–water partition coefficient (Wildman–Crippen LogP) is 11.7. The first-order valence-corrected chi connectivity index (χ1v) is 19.7. The van der Waals surface area contributed by atoms with Crippen LogP contribution in [0.5, 0.6) is 0 Å². The maximum absolute atomic E-state index is 12.9. The smallest absolute Gasteiger partial charge is 0.305 e. The lowest BCUT2D eigenvalue weighted by molar-refractivity contribution is -0.145. The fraction of sp³-hybridized carbons (Fsp3) is 0.949. The lowest BCUT2D eigenvalue weighted by Crippen LogP contribution is -2.36. The number of rotatable bonds is 36. The lowest BCUT2D eigenvalue weighted by atomic mass is 10.0. The maximum atomic E-state index is 12.9. The molecule has 0 saturated carbocycles. The van der Waals surface area contributed by atoms with Gasteiger partial charge in [0.2, 0.25) is 5.91 Å². The Balaban J connectivity index is 4.01. The van der Waals surface area contributed by atoms with E-state index in [9.17, 15) is 9.59 Å². The van der Waals surface area contributed by atoms with Gasteiger partial charge in [-0.3, -0.25) is 9.59 Å². The molecule has 0 atom stereocenters. The summed E-state index contributed by atoms with van der Waals surface area (Å²) in [5.74, 6) is -0.145. The van der Waals surface area contributed by atoms with E-state index in [1.54, 1.807) is 6.92 Å². The van der Waals surface area contributed by atoms with Gasteiger partial charge in [0.25, 0.3) is 0 Å². The third-order valence-corrected chi connectivity index (χ3v) is 8.92. The summed E-state index contributed by atoms with van der Waals surface area (Å²) in [6, 6.07) is 0. The second-order valence-corrected chi connectivity index (χ2v) is 13.2. The number of ether oxygens (including phenoxy) is 2. The van der Waals surface area contributed by atoms with Crippen molar-refractivity contribution in [3.05, 3.63) is 0 Å². The van der Waals surface area contributed by atoms with Gasteiger partial charge >= 0.3 is 5.97 Å². The van der Waals surface area contributed by atoms with E-state index in [2.05, 4.69) is 13.8 Å². The minimum absolute atomic E-state index is 0.0798. The molecule has 0 rings (SSSR count). The largest absolute Gasteiger partial charge is 0.463 e. The minimum Gasteiger partial charge on any atom is -0.463 e. The van der Waals surface area contributed by atoms with E-state index >= 15 is 0 Å². The number of hydrogen-bond donors (Lipinski definition) is 0. The average Bonchev–Trinajstić information content (AvgIpc) is 3.03. The molecule has 0 aromatic heterocycles. The van der Waals surface area contributed by atoms with Crippen molar-refractivity contribution in [2.45, 2.75) is 207 Å². The van der Waals surface area contributed by atoms with Crippen LogP contribution < -0.4 is 0 Å². The first kappa shape index (κ1) is 42.9. The van der Waals surface area contributed by atoms with Gasteiger partial charge in [-0.25, -0.2) is 0 Å². The molecule has 5 heteroatoms. The number of carbonyl (C=O) groups excluding carboxylic acids is 2. The molecule has 0 fully saturated rings. The van der Waals surface area contributed by atoms with Gasteiger partial charge in [0.1, 0.15) is 13.2 Å². The van der Waals surface area contributed by atoms with Crippen molar-refractivity contribution in [2.75, 3.05) is 32.9 Å². The minimum atomic E-state index is -0.225. The summed E-state index contributed by atoms with van der Waals surface area (Å²) >= 11 is 0. The van der Waals surface area contributed by atoms with Crippen molar-refractivity contribution in [2.24, 2.45) is 0 Å². The molecular formula is C39H77NO4. The van der Waals surface area contributed by atoms with Crippen LogP contribution in [-0.2, 0) is 19.1 Å². The molecule has 0 aromatic carbocycles. The second-order valence-electron chi connectivity index (χ2n) is 13.2. The average molecular weight is 624 g/mol. The molecule has 44 heavy (non-hydrogen) atoms. The first-order chi connectivity index (χ1) is 21.7. The highest BCUT2D eigenvalue weighted by molar-refractivity contribution is 5.77. The fourth-order valence-electron chi connectivity index (χ4n) is 5.92. The van der Waals surface area contributed by atoms with Crippen molar-refractivity contribution >= 4 is 11.9 Å². The van der Waals surface area contributed by atoms with Crippen LogP contribution in [0.1, 0.15) is 207 Å². The number of unbranched alkanes of at least 4 members (excludes halogenated alkanes) is 26. The van der Waals surface area contributed by atoms with E-state index in [0.717, 1.165) is 25.9 Å². The van der Waals surface area contributed by atoms with Crippen LogP contribution in [-0.4, -0.2) is 49.7 Å². The molecule has 1 amide bonds. The van der Waals surface area contributed by atoms with Crippen LogP contribution in [0.15, 0.2) is 0 Å². The fourth-order valence-corrected chi connectivity index (χ4v) is 5.92. The highest BCUT2D eigenvalue weighted by atomic mass is 16.6. The highest BCUT2D eigenvalue weighted by Gasteiger charge is 2.13. The number of esters is 1. The summed E-state index contributed by atoms with van der Waals surface area (Å²) < 4.78 is 10.6. The molecule has 0 unspecified atom stereocenters. The Hall–Kier alpha value is -1.10. The number of nitrogens with zero attached hydrogens (tertiary/aromatic N) is 1. The summed E-state index contributed by atoms with van der Waals surface area (Å²) in [4.78, 5) is 26.2. The second kappa shape index (κ2) is 36.4. The molecule has 0 heterocycles. The van der Waals surface area contributed by atoms with Gasteiger partial charge in [-0.2, -0.15) is 0 Å². The molecule has 0 aliphatic heterocycles. The van der Waals surface area contributed by atoms with Crippen LogP contribution in [0.3, 0.4) is 0 Å². The number of amides is 1. The van der Waals surface area contributed by atoms with Crippen molar-refractivity contribution in [3.8, 4) is 0 Å². The van der Waals surface area contributed by atoms with Crippen molar-refractivity contribution < 1.29 is 19.1 Å². The number of carbonyl (C=O) groups is 2. The topological polar surface area (TPSA) is 55.8 Å². The monoisotopic (exact) mass is 624 g/mol. The highest BCUT2D eigenvalue weighted by Crippen LogP contribution is 2.15. The zero-order valence-electron chi connectivity index (χ0n) is 30.1. The SMILES string of the molecule is CCCCCCCCCCCCCCCCN(CCCCCCCCCCCCCCCC)C(=O)COCCOC(=O)CC. The summed E-state index contributed by atoms with van der Waals surface area (Å²) in [7, 11) is 0. The van der Waals surface area contributed by atoms with E-state index in [1.165, 1.54) is 167 Å². The Kier molecular flexibility index (Phi) is 35.5. The third-order valence-electron chi connectivity index (χ3n) is 8.92. The Bertz CT molecular complexity index is 565. The summed E-state index contributed by atoms with van der Waals surface area (Å²) in [5.41, 5.74) is 0. The summed E-state index contributed by atoms with van der Waals surface area (Å²) in [5, 5.41) is 0. The van der Waals surface area contributed by atoms with Crippen molar-refractivity contribution in [1.82, 2.24) is 4.90 Å². The van der Waals surface area contributed by atoms with Crippen LogP contribution in [0.2, 0.25) is 0 Å². The molecule has 0 aliphatic rings. The molecule has 262 valence electrons. The van der Waals surface area contributed by atoms with E-state index in [0.29, 0.717) is 6.42 Å². The molecule has 0 radical (unpaired) electrons. The van der Waals surface area contributed by atoms with Gasteiger partial charge in [-0.15, -0.1) is 0 Å². The molecule has 0 spiro atoms. The molecule has 0 aliphatic carbocycles. The van der Waals surface area contributed by atoms with Crippen LogP contribution in [0.4, 0.5) is 0 Å².